The molecule has 0 saturated heterocycles. The number of rotatable bonds is 52. The number of amides is 2. The average Bonchev–Trinajstić information content (AvgIpc) is 0.826. The lowest BCUT2D eigenvalue weighted by Gasteiger charge is -2.22. The van der Waals surface area contributed by atoms with Crippen LogP contribution in [0.2, 0.25) is 0 Å². The maximum Gasteiger partial charge on any atom is 0.338 e. The quantitative estimate of drug-likeness (QED) is 0.0430. The second-order valence-electron chi connectivity index (χ2n) is 32.7. The lowest BCUT2D eigenvalue weighted by Crippen LogP contribution is -2.28. The largest absolute Gasteiger partial charge is 0.460 e. The van der Waals surface area contributed by atoms with Gasteiger partial charge in [-0.3, -0.25) is 9.59 Å². The molecule has 0 aromatic heterocycles. The third kappa shape index (κ3) is 36.8. The standard InChI is InChI=1S/C86H144N2O6/c1-61(2)25-19-31-67(13)37-43-75-57-79(58-76(44-38-68(14)32-20-26-62(3)4)81(75)51-41-71(17)35-23-29-65(9)10)83(89)87-53-55-93-85(91)73-47-49-74(50-48-73)86(92)94-56-54-88-84(90)80-59-77(45-39-69(15)33-21-27-63(5)6)82(52-42-72(18)36-24-30-66(11)12)78(60-80)46-40-70(16)34-22-28-64(7)8/h47-50,57-72H,19-46,51-56H2,1-18H3,(H,87,89)(H,88,90)/t67-,68-,69-,70-,71-,72-/m0/s1. The molecule has 0 bridgehead atoms. The van der Waals surface area contributed by atoms with Crippen molar-refractivity contribution < 1.29 is 28.7 Å². The number of hydrogen-bond donors (Lipinski definition) is 2. The van der Waals surface area contributed by atoms with Crippen LogP contribution in [0.1, 0.15) is 354 Å². The first-order chi connectivity index (χ1) is 44.7. The molecule has 0 aliphatic carbocycles. The predicted octanol–water partition coefficient (Wildman–Crippen LogP) is 23.2. The van der Waals surface area contributed by atoms with E-state index in [1.54, 1.807) is 24.3 Å². The summed E-state index contributed by atoms with van der Waals surface area (Å²) in [6.07, 6.45) is 35.3. The summed E-state index contributed by atoms with van der Waals surface area (Å²) in [5, 5.41) is 6.17. The number of ether oxygens (including phenoxy) is 2. The van der Waals surface area contributed by atoms with Gasteiger partial charge in [-0.25, -0.2) is 9.59 Å². The Morgan fingerprint density at radius 3 is 0.713 bits per heavy atom. The van der Waals surface area contributed by atoms with Crippen LogP contribution in [0.4, 0.5) is 0 Å². The zero-order valence-corrected chi connectivity index (χ0v) is 64.0. The molecule has 0 heterocycles. The fourth-order valence-corrected chi connectivity index (χ4v) is 13.6. The Balaban J connectivity index is 1.72. The Bertz CT molecular complexity index is 2290. The van der Waals surface area contributed by atoms with Gasteiger partial charge < -0.3 is 20.1 Å². The molecular weight excluding hydrogens is 1160 g/mol. The SMILES string of the molecule is CC(C)CCC[C@H](C)CCc1cc(C(=O)NCCOC(=O)c2ccc(C(=O)OCCNC(=O)c3cc(CC[C@@H](C)CCCC(C)C)c(CC[C@@H](C)CCCC(C)C)c(CC[C@@H](C)CCCC(C)C)c3)cc2)cc(CC[C@@H](C)CCCC(C)C)c1CC[C@@H](C)CCCC(C)C. The number of hydrogen-bond acceptors (Lipinski definition) is 6. The minimum absolute atomic E-state index is 0.00857. The molecule has 0 fully saturated rings. The Hall–Kier alpha value is -4.46. The molecule has 8 nitrogen and oxygen atoms in total. The van der Waals surface area contributed by atoms with Crippen molar-refractivity contribution in [2.45, 2.75) is 317 Å². The highest BCUT2D eigenvalue weighted by Crippen LogP contribution is 2.32. The van der Waals surface area contributed by atoms with Crippen LogP contribution in [-0.2, 0) is 48.0 Å². The van der Waals surface area contributed by atoms with Gasteiger partial charge in [0.15, 0.2) is 0 Å². The van der Waals surface area contributed by atoms with Crippen LogP contribution in [0, 0.1) is 71.0 Å². The van der Waals surface area contributed by atoms with E-state index in [0.717, 1.165) is 88.9 Å². The van der Waals surface area contributed by atoms with E-state index in [0.29, 0.717) is 81.4 Å². The smallest absolute Gasteiger partial charge is 0.338 e. The lowest BCUT2D eigenvalue weighted by molar-refractivity contribution is 0.0491. The maximum atomic E-state index is 14.1. The van der Waals surface area contributed by atoms with Crippen LogP contribution >= 0.6 is 0 Å². The van der Waals surface area contributed by atoms with Crippen molar-refractivity contribution >= 4 is 23.8 Å². The summed E-state index contributed by atoms with van der Waals surface area (Å²) in [5.41, 5.74) is 10.3. The summed E-state index contributed by atoms with van der Waals surface area (Å²) in [5.74, 6) is 6.71. The zero-order valence-electron chi connectivity index (χ0n) is 64.0. The van der Waals surface area contributed by atoms with Crippen molar-refractivity contribution in [3.05, 3.63) is 104 Å². The van der Waals surface area contributed by atoms with Gasteiger partial charge in [0, 0.05) is 11.1 Å². The fourth-order valence-electron chi connectivity index (χ4n) is 13.6. The second kappa shape index (κ2) is 47.5. The number of aryl methyl sites for hydroxylation is 4. The van der Waals surface area contributed by atoms with Crippen LogP contribution in [0.3, 0.4) is 0 Å². The molecule has 0 aliphatic rings. The molecule has 6 atom stereocenters. The van der Waals surface area contributed by atoms with E-state index in [1.807, 2.05) is 0 Å². The van der Waals surface area contributed by atoms with E-state index in [9.17, 15) is 19.2 Å². The van der Waals surface area contributed by atoms with Gasteiger partial charge in [-0.2, -0.15) is 0 Å². The number of carbonyl (C=O) groups is 4. The van der Waals surface area contributed by atoms with Gasteiger partial charge in [0.2, 0.25) is 0 Å². The molecule has 2 amide bonds. The van der Waals surface area contributed by atoms with E-state index >= 15 is 0 Å². The number of nitrogens with one attached hydrogen (secondary N) is 2. The van der Waals surface area contributed by atoms with Gasteiger partial charge in [0.05, 0.1) is 24.2 Å². The van der Waals surface area contributed by atoms with E-state index < -0.39 is 11.9 Å². The van der Waals surface area contributed by atoms with Crippen LogP contribution < -0.4 is 10.6 Å². The maximum absolute atomic E-state index is 14.1. The van der Waals surface area contributed by atoms with E-state index in [1.165, 1.54) is 149 Å². The van der Waals surface area contributed by atoms with Crippen LogP contribution in [-0.4, -0.2) is 50.1 Å². The van der Waals surface area contributed by atoms with Crippen molar-refractivity contribution in [2.24, 2.45) is 71.0 Å². The summed E-state index contributed by atoms with van der Waals surface area (Å²) in [4.78, 5) is 55.0. The molecule has 2 N–H and O–H groups in total. The van der Waals surface area contributed by atoms with Gasteiger partial charge in [0.25, 0.3) is 11.8 Å². The molecule has 3 aromatic rings. The Labute approximate surface area is 578 Å². The van der Waals surface area contributed by atoms with Gasteiger partial charge in [0.1, 0.15) is 13.2 Å². The third-order valence-electron chi connectivity index (χ3n) is 20.3. The summed E-state index contributed by atoms with van der Waals surface area (Å²) >= 11 is 0. The predicted molar refractivity (Wildman–Crippen MR) is 402 cm³/mol. The molecular formula is C86H144N2O6. The van der Waals surface area contributed by atoms with Gasteiger partial charge >= 0.3 is 11.9 Å². The normalized spacial score (nSPS) is 13.9. The molecule has 3 rings (SSSR count). The first-order valence-corrected chi connectivity index (χ1v) is 39.0. The number of carbonyl (C=O) groups excluding carboxylic acids is 4. The topological polar surface area (TPSA) is 111 Å². The van der Waals surface area contributed by atoms with Crippen molar-refractivity contribution in [3.8, 4) is 0 Å². The van der Waals surface area contributed by atoms with Crippen LogP contribution in [0.15, 0.2) is 48.5 Å². The summed E-state index contributed by atoms with van der Waals surface area (Å²) in [6, 6.07) is 15.0. The molecule has 0 aliphatic heterocycles. The molecule has 0 spiro atoms. The second-order valence-corrected chi connectivity index (χ2v) is 32.7. The van der Waals surface area contributed by atoms with E-state index in [2.05, 4.69) is 160 Å². The zero-order chi connectivity index (χ0) is 69.5. The molecule has 0 saturated carbocycles. The third-order valence-corrected chi connectivity index (χ3v) is 20.3. The number of esters is 2. The molecule has 0 radical (unpaired) electrons. The van der Waals surface area contributed by atoms with Gasteiger partial charge in [-0.1, -0.05) is 240 Å². The highest BCUT2D eigenvalue weighted by Gasteiger charge is 2.22. The van der Waals surface area contributed by atoms with Crippen LogP contribution in [0.25, 0.3) is 0 Å². The average molecular weight is 1300 g/mol. The molecule has 3 aromatic carbocycles. The highest BCUT2D eigenvalue weighted by molar-refractivity contribution is 5.96. The van der Waals surface area contributed by atoms with Crippen molar-refractivity contribution in [1.82, 2.24) is 10.6 Å². The van der Waals surface area contributed by atoms with Crippen molar-refractivity contribution in [2.75, 3.05) is 26.3 Å². The molecule has 94 heavy (non-hydrogen) atoms. The number of benzene rings is 3. The minimum Gasteiger partial charge on any atom is -0.460 e. The van der Waals surface area contributed by atoms with Gasteiger partial charge in [-0.05, 0) is 230 Å². The van der Waals surface area contributed by atoms with Crippen molar-refractivity contribution in [1.29, 1.82) is 0 Å². The Kier molecular flexibility index (Phi) is 42.3. The van der Waals surface area contributed by atoms with E-state index in [4.69, 9.17) is 9.47 Å². The van der Waals surface area contributed by atoms with E-state index in [-0.39, 0.29) is 38.1 Å². The molecule has 8 heteroatoms. The monoisotopic (exact) mass is 1300 g/mol. The summed E-state index contributed by atoms with van der Waals surface area (Å²) < 4.78 is 11.4. The first-order valence-electron chi connectivity index (χ1n) is 39.0. The van der Waals surface area contributed by atoms with Gasteiger partial charge in [-0.15, -0.1) is 0 Å². The van der Waals surface area contributed by atoms with Crippen molar-refractivity contribution in [3.63, 3.8) is 0 Å². The summed E-state index contributed by atoms with van der Waals surface area (Å²) in [6.45, 7) is 42.6. The van der Waals surface area contributed by atoms with Crippen LogP contribution in [0.5, 0.6) is 0 Å². The molecule has 0 unspecified atom stereocenters. The lowest BCUT2D eigenvalue weighted by atomic mass is 9.84. The Morgan fingerprint density at radius 2 is 0.500 bits per heavy atom. The molecule has 534 valence electrons. The Morgan fingerprint density at radius 1 is 0.287 bits per heavy atom. The highest BCUT2D eigenvalue weighted by atomic mass is 16.5. The summed E-state index contributed by atoms with van der Waals surface area (Å²) in [7, 11) is 0. The minimum atomic E-state index is -0.535. The fraction of sp³-hybridized carbons (Fsp3) is 0.744. The first kappa shape index (κ1) is 83.8.